The number of amides is 2. The lowest BCUT2D eigenvalue weighted by atomic mass is 9.98. The van der Waals surface area contributed by atoms with Crippen LogP contribution in [0, 0.1) is 0 Å². The van der Waals surface area contributed by atoms with E-state index in [0.29, 0.717) is 48.3 Å². The van der Waals surface area contributed by atoms with Gasteiger partial charge in [0.15, 0.2) is 0 Å². The molecule has 0 aliphatic carbocycles. The molecule has 1 aliphatic heterocycles. The molecule has 146 valence electrons. The first-order valence-electron chi connectivity index (χ1n) is 9.28. The molecule has 0 bridgehead atoms. The molecule has 0 saturated heterocycles. The summed E-state index contributed by atoms with van der Waals surface area (Å²) in [4.78, 5) is 26.5. The van der Waals surface area contributed by atoms with Crippen molar-refractivity contribution in [2.45, 2.75) is 19.8 Å². The predicted molar refractivity (Wildman–Crippen MR) is 106 cm³/mol. The third kappa shape index (κ3) is 4.76. The van der Waals surface area contributed by atoms with Crippen molar-refractivity contribution in [3.8, 4) is 5.75 Å². The lowest BCUT2D eigenvalue weighted by Crippen LogP contribution is -2.42. The number of benzene rings is 2. The summed E-state index contributed by atoms with van der Waals surface area (Å²) < 4.78 is 18.3. The summed E-state index contributed by atoms with van der Waals surface area (Å²) in [6.45, 7) is 2.52. The van der Waals surface area contributed by atoms with Crippen LogP contribution in [0.25, 0.3) is 0 Å². The van der Waals surface area contributed by atoms with Crippen LogP contribution in [-0.4, -0.2) is 36.4 Å². The van der Waals surface area contributed by atoms with Crippen LogP contribution < -0.4 is 10.1 Å². The number of nitrogens with one attached hydrogen (secondary N) is 1. The second-order valence-electron chi connectivity index (χ2n) is 6.62. The molecule has 0 aromatic heterocycles. The molecule has 1 N–H and O–H groups in total. The Hall–Kier alpha value is -3.15. The Kier molecular flexibility index (Phi) is 6.42. The lowest BCUT2D eigenvalue weighted by Gasteiger charge is -2.28. The van der Waals surface area contributed by atoms with Crippen LogP contribution in [0.1, 0.15) is 29.3 Å². The Morgan fingerprint density at radius 3 is 2.75 bits per heavy atom. The Bertz CT molecular complexity index is 881. The number of nitrogens with zero attached hydrogens (tertiary/aromatic N) is 1. The SMILES string of the molecule is CCC(=CF)COc1ccc2c(c1)CCN(CC(=O)Nc1ccccc1)C2=O. The van der Waals surface area contributed by atoms with E-state index in [1.165, 1.54) is 0 Å². The van der Waals surface area contributed by atoms with E-state index >= 15 is 0 Å². The summed E-state index contributed by atoms with van der Waals surface area (Å²) in [7, 11) is 0. The van der Waals surface area contributed by atoms with Crippen molar-refractivity contribution in [1.29, 1.82) is 0 Å². The number of ether oxygens (including phenoxy) is 1. The van der Waals surface area contributed by atoms with Crippen molar-refractivity contribution in [1.82, 2.24) is 4.90 Å². The topological polar surface area (TPSA) is 58.6 Å². The van der Waals surface area contributed by atoms with Gasteiger partial charge in [-0.05, 0) is 54.3 Å². The van der Waals surface area contributed by atoms with Gasteiger partial charge in [0.2, 0.25) is 5.91 Å². The van der Waals surface area contributed by atoms with Gasteiger partial charge in [0.1, 0.15) is 18.9 Å². The molecule has 1 heterocycles. The molecular formula is C22H23FN2O3. The summed E-state index contributed by atoms with van der Waals surface area (Å²) in [6, 6.07) is 14.4. The third-order valence-electron chi connectivity index (χ3n) is 4.67. The highest BCUT2D eigenvalue weighted by molar-refractivity contribution is 6.01. The lowest BCUT2D eigenvalue weighted by molar-refractivity contribution is -0.116. The molecule has 0 unspecified atom stereocenters. The van der Waals surface area contributed by atoms with E-state index in [9.17, 15) is 14.0 Å². The Labute approximate surface area is 163 Å². The molecule has 2 aromatic carbocycles. The zero-order valence-corrected chi connectivity index (χ0v) is 15.8. The summed E-state index contributed by atoms with van der Waals surface area (Å²) in [6.07, 6.45) is 1.79. The molecule has 0 atom stereocenters. The van der Waals surface area contributed by atoms with Crippen molar-refractivity contribution in [2.75, 3.05) is 25.0 Å². The van der Waals surface area contributed by atoms with E-state index in [-0.39, 0.29) is 25.0 Å². The van der Waals surface area contributed by atoms with Crippen LogP contribution in [0.15, 0.2) is 60.4 Å². The second-order valence-corrected chi connectivity index (χ2v) is 6.62. The van der Waals surface area contributed by atoms with Crippen molar-refractivity contribution < 1.29 is 18.7 Å². The molecule has 2 amide bonds. The average Bonchev–Trinajstić information content (AvgIpc) is 2.71. The van der Waals surface area contributed by atoms with Crippen molar-refractivity contribution in [2.24, 2.45) is 0 Å². The van der Waals surface area contributed by atoms with E-state index in [0.717, 1.165) is 5.56 Å². The van der Waals surface area contributed by atoms with Gasteiger partial charge in [-0.2, -0.15) is 0 Å². The fraction of sp³-hybridized carbons (Fsp3) is 0.273. The van der Waals surface area contributed by atoms with Crippen molar-refractivity contribution in [3.63, 3.8) is 0 Å². The van der Waals surface area contributed by atoms with E-state index in [2.05, 4.69) is 5.32 Å². The maximum absolute atomic E-state index is 12.7. The average molecular weight is 382 g/mol. The normalized spacial score (nSPS) is 13.9. The van der Waals surface area contributed by atoms with Crippen molar-refractivity contribution >= 4 is 17.5 Å². The Morgan fingerprint density at radius 1 is 1.25 bits per heavy atom. The summed E-state index contributed by atoms with van der Waals surface area (Å²) in [5.74, 6) is 0.205. The Balaban J connectivity index is 1.62. The number of anilines is 1. The molecule has 2 aromatic rings. The first-order valence-corrected chi connectivity index (χ1v) is 9.28. The standard InChI is InChI=1S/C22H23FN2O3/c1-2-16(13-23)15-28-19-8-9-20-17(12-19)10-11-25(22(20)27)14-21(26)24-18-6-4-3-5-7-18/h3-9,12-13H,2,10-11,14-15H2,1H3,(H,24,26). The van der Waals surface area contributed by atoms with E-state index in [4.69, 9.17) is 4.74 Å². The quantitative estimate of drug-likeness (QED) is 0.788. The third-order valence-corrected chi connectivity index (χ3v) is 4.67. The zero-order valence-electron chi connectivity index (χ0n) is 15.8. The number of carbonyl (C=O) groups excluding carboxylic acids is 2. The van der Waals surface area contributed by atoms with Gasteiger partial charge in [0.05, 0.1) is 6.33 Å². The van der Waals surface area contributed by atoms with Gasteiger partial charge in [-0.15, -0.1) is 0 Å². The molecule has 6 heteroatoms. The van der Waals surface area contributed by atoms with Gasteiger partial charge in [0.25, 0.3) is 5.91 Å². The smallest absolute Gasteiger partial charge is 0.254 e. The first-order chi connectivity index (χ1) is 13.6. The summed E-state index contributed by atoms with van der Waals surface area (Å²) in [5, 5.41) is 2.79. The highest BCUT2D eigenvalue weighted by Crippen LogP contribution is 2.24. The molecule has 5 nitrogen and oxygen atoms in total. The van der Waals surface area contributed by atoms with Crippen LogP contribution in [0.3, 0.4) is 0 Å². The number of para-hydroxylation sites is 1. The minimum absolute atomic E-state index is 0.00652. The summed E-state index contributed by atoms with van der Waals surface area (Å²) in [5.41, 5.74) is 2.73. The van der Waals surface area contributed by atoms with Crippen LogP contribution in [0.2, 0.25) is 0 Å². The van der Waals surface area contributed by atoms with Gasteiger partial charge < -0.3 is 15.0 Å². The van der Waals surface area contributed by atoms with Crippen LogP contribution in [0.5, 0.6) is 5.75 Å². The van der Waals surface area contributed by atoms with Gasteiger partial charge in [-0.1, -0.05) is 25.1 Å². The van der Waals surface area contributed by atoms with Crippen LogP contribution >= 0.6 is 0 Å². The first kappa shape index (κ1) is 19.6. The predicted octanol–water partition coefficient (Wildman–Crippen LogP) is 3.97. The molecule has 0 fully saturated rings. The number of halogens is 1. The van der Waals surface area contributed by atoms with Crippen molar-refractivity contribution in [3.05, 3.63) is 71.6 Å². The molecule has 0 saturated carbocycles. The molecule has 0 radical (unpaired) electrons. The fourth-order valence-electron chi connectivity index (χ4n) is 3.04. The highest BCUT2D eigenvalue weighted by atomic mass is 19.1. The second kappa shape index (κ2) is 9.17. The Morgan fingerprint density at radius 2 is 2.04 bits per heavy atom. The monoisotopic (exact) mass is 382 g/mol. The van der Waals surface area contributed by atoms with E-state index < -0.39 is 0 Å². The summed E-state index contributed by atoms with van der Waals surface area (Å²) >= 11 is 0. The molecule has 1 aliphatic rings. The van der Waals surface area contributed by atoms with Gasteiger partial charge in [-0.25, -0.2) is 4.39 Å². The number of hydrogen-bond acceptors (Lipinski definition) is 3. The van der Waals surface area contributed by atoms with Crippen LogP contribution in [-0.2, 0) is 11.2 Å². The van der Waals surface area contributed by atoms with E-state index in [1.54, 1.807) is 29.2 Å². The number of rotatable bonds is 7. The van der Waals surface area contributed by atoms with E-state index in [1.807, 2.05) is 31.2 Å². The zero-order chi connectivity index (χ0) is 19.9. The number of fused-ring (bicyclic) bond motifs is 1. The van der Waals surface area contributed by atoms with Gasteiger partial charge in [-0.3, -0.25) is 9.59 Å². The van der Waals surface area contributed by atoms with Gasteiger partial charge >= 0.3 is 0 Å². The molecule has 3 rings (SSSR count). The maximum Gasteiger partial charge on any atom is 0.254 e. The molecule has 28 heavy (non-hydrogen) atoms. The number of carbonyl (C=O) groups is 2. The van der Waals surface area contributed by atoms with Crippen LogP contribution in [0.4, 0.5) is 10.1 Å². The minimum atomic E-state index is -0.229. The highest BCUT2D eigenvalue weighted by Gasteiger charge is 2.26. The van der Waals surface area contributed by atoms with Gasteiger partial charge in [0, 0.05) is 17.8 Å². The molecule has 0 spiro atoms. The maximum atomic E-state index is 12.7. The molecular weight excluding hydrogens is 359 g/mol. The fourth-order valence-corrected chi connectivity index (χ4v) is 3.04. The largest absolute Gasteiger partial charge is 0.489 e. The number of hydrogen-bond donors (Lipinski definition) is 1. The minimum Gasteiger partial charge on any atom is -0.489 e.